The molecule has 0 aliphatic carbocycles. The molecule has 8 heteroatoms. The number of pyridine rings is 1. The third-order valence-electron chi connectivity index (χ3n) is 2.49. The van der Waals surface area contributed by atoms with Crippen molar-refractivity contribution >= 4 is 5.82 Å². The summed E-state index contributed by atoms with van der Waals surface area (Å²) < 4.78 is 40.8. The summed E-state index contributed by atoms with van der Waals surface area (Å²) >= 11 is 0. The van der Waals surface area contributed by atoms with E-state index in [1.165, 1.54) is 6.20 Å². The van der Waals surface area contributed by atoms with Crippen LogP contribution < -0.4 is 10.1 Å². The second-order valence-electron chi connectivity index (χ2n) is 4.27. The molecule has 0 aliphatic heterocycles. The van der Waals surface area contributed by atoms with Gasteiger partial charge < -0.3 is 10.1 Å². The topological polar surface area (TPSA) is 59.9 Å². The van der Waals surface area contributed by atoms with Gasteiger partial charge in [-0.25, -0.2) is 0 Å². The monoisotopic (exact) mass is 298 g/mol. The Kier molecular flexibility index (Phi) is 4.56. The van der Waals surface area contributed by atoms with E-state index in [0.717, 1.165) is 11.9 Å². The summed E-state index contributed by atoms with van der Waals surface area (Å²) in [5, 5.41) is 3.00. The Hall–Kier alpha value is -2.38. The van der Waals surface area contributed by atoms with Crippen molar-refractivity contribution in [2.75, 3.05) is 11.9 Å². The standard InChI is InChI=1S/C13H13F3N4O/c1-9(10-4-2-3-5-18-10)19-11-6-17-7-12(20-11)21-8-13(14,15)16/h2-7,9H,8H2,1H3,(H,19,20)/t9-/m0/s1. The number of alkyl halides is 3. The van der Waals surface area contributed by atoms with Crippen molar-refractivity contribution in [3.63, 3.8) is 0 Å². The minimum absolute atomic E-state index is 0.168. The summed E-state index contributed by atoms with van der Waals surface area (Å²) in [5.74, 6) is 0.123. The van der Waals surface area contributed by atoms with E-state index in [-0.39, 0.29) is 11.9 Å². The Balaban J connectivity index is 2.01. The quantitative estimate of drug-likeness (QED) is 0.919. The van der Waals surface area contributed by atoms with Gasteiger partial charge in [0.1, 0.15) is 5.82 Å². The first-order valence-corrected chi connectivity index (χ1v) is 6.13. The summed E-state index contributed by atoms with van der Waals surface area (Å²) in [7, 11) is 0. The number of halogens is 3. The van der Waals surface area contributed by atoms with Crippen LogP contribution in [-0.2, 0) is 0 Å². The van der Waals surface area contributed by atoms with Crippen molar-refractivity contribution in [1.82, 2.24) is 15.0 Å². The van der Waals surface area contributed by atoms with Gasteiger partial charge in [-0.05, 0) is 19.1 Å². The SMILES string of the molecule is C[C@H](Nc1cncc(OCC(F)(F)F)n1)c1ccccn1. The van der Waals surface area contributed by atoms with Crippen LogP contribution in [0.5, 0.6) is 5.88 Å². The third kappa shape index (κ3) is 4.90. The maximum absolute atomic E-state index is 12.1. The van der Waals surface area contributed by atoms with Crippen molar-refractivity contribution in [2.24, 2.45) is 0 Å². The van der Waals surface area contributed by atoms with E-state index in [1.807, 2.05) is 19.1 Å². The lowest BCUT2D eigenvalue weighted by Crippen LogP contribution is -2.20. The zero-order chi connectivity index (χ0) is 15.3. The van der Waals surface area contributed by atoms with E-state index in [2.05, 4.69) is 25.0 Å². The van der Waals surface area contributed by atoms with Crippen molar-refractivity contribution in [3.05, 3.63) is 42.5 Å². The average Bonchev–Trinajstić information content (AvgIpc) is 2.46. The minimum Gasteiger partial charge on any atom is -0.467 e. The molecule has 0 aliphatic rings. The average molecular weight is 298 g/mol. The smallest absolute Gasteiger partial charge is 0.422 e. The van der Waals surface area contributed by atoms with Gasteiger partial charge >= 0.3 is 6.18 Å². The van der Waals surface area contributed by atoms with Crippen molar-refractivity contribution in [2.45, 2.75) is 19.1 Å². The number of hydrogen-bond acceptors (Lipinski definition) is 5. The Morgan fingerprint density at radius 1 is 1.29 bits per heavy atom. The molecule has 21 heavy (non-hydrogen) atoms. The molecule has 0 radical (unpaired) electrons. The van der Waals surface area contributed by atoms with Crippen molar-refractivity contribution in [1.29, 1.82) is 0 Å². The third-order valence-corrected chi connectivity index (χ3v) is 2.49. The number of ether oxygens (including phenoxy) is 1. The molecular weight excluding hydrogens is 285 g/mol. The molecule has 2 aromatic rings. The van der Waals surface area contributed by atoms with Crippen LogP contribution in [0.4, 0.5) is 19.0 Å². The largest absolute Gasteiger partial charge is 0.467 e. The van der Waals surface area contributed by atoms with Crippen LogP contribution in [0, 0.1) is 0 Å². The molecule has 2 heterocycles. The molecule has 112 valence electrons. The summed E-state index contributed by atoms with van der Waals surface area (Å²) in [5.41, 5.74) is 0.779. The number of rotatable bonds is 5. The fraction of sp³-hybridized carbons (Fsp3) is 0.308. The Morgan fingerprint density at radius 2 is 2.10 bits per heavy atom. The van der Waals surface area contributed by atoms with Gasteiger partial charge in [0, 0.05) is 6.20 Å². The van der Waals surface area contributed by atoms with E-state index in [0.29, 0.717) is 5.82 Å². The second-order valence-corrected chi connectivity index (χ2v) is 4.27. The van der Waals surface area contributed by atoms with Gasteiger partial charge in [0.2, 0.25) is 5.88 Å². The fourth-order valence-electron chi connectivity index (χ4n) is 1.57. The molecule has 0 bridgehead atoms. The number of nitrogens with zero attached hydrogens (tertiary/aromatic N) is 3. The molecule has 1 atom stereocenters. The molecule has 0 saturated heterocycles. The lowest BCUT2D eigenvalue weighted by Gasteiger charge is -2.14. The number of anilines is 1. The molecule has 0 aromatic carbocycles. The van der Waals surface area contributed by atoms with E-state index in [9.17, 15) is 13.2 Å². The first-order valence-electron chi connectivity index (χ1n) is 6.13. The van der Waals surface area contributed by atoms with E-state index in [4.69, 9.17) is 0 Å². The molecule has 0 unspecified atom stereocenters. The van der Waals surface area contributed by atoms with Crippen LogP contribution in [0.15, 0.2) is 36.8 Å². The van der Waals surface area contributed by atoms with Gasteiger partial charge in [0.25, 0.3) is 0 Å². The van der Waals surface area contributed by atoms with Crippen LogP contribution in [0.3, 0.4) is 0 Å². The molecule has 2 rings (SSSR count). The van der Waals surface area contributed by atoms with E-state index < -0.39 is 12.8 Å². The summed E-state index contributed by atoms with van der Waals surface area (Å²) in [6.45, 7) is 0.453. The Bertz CT molecular complexity index is 577. The lowest BCUT2D eigenvalue weighted by molar-refractivity contribution is -0.154. The van der Waals surface area contributed by atoms with Crippen LogP contribution >= 0.6 is 0 Å². The summed E-state index contributed by atoms with van der Waals surface area (Å²) in [6, 6.07) is 5.30. The zero-order valence-corrected chi connectivity index (χ0v) is 11.1. The maximum Gasteiger partial charge on any atom is 0.422 e. The molecule has 5 nitrogen and oxygen atoms in total. The van der Waals surface area contributed by atoms with E-state index >= 15 is 0 Å². The van der Waals surface area contributed by atoms with Gasteiger partial charge in [0.15, 0.2) is 6.61 Å². The van der Waals surface area contributed by atoms with Crippen LogP contribution in [-0.4, -0.2) is 27.7 Å². The van der Waals surface area contributed by atoms with Gasteiger partial charge in [-0.1, -0.05) is 6.07 Å². The predicted octanol–water partition coefficient (Wildman–Crippen LogP) is 2.99. The fourth-order valence-corrected chi connectivity index (χ4v) is 1.57. The molecule has 1 N–H and O–H groups in total. The molecule has 0 spiro atoms. The van der Waals surface area contributed by atoms with Crippen LogP contribution in [0.2, 0.25) is 0 Å². The highest BCUT2D eigenvalue weighted by Crippen LogP contribution is 2.19. The highest BCUT2D eigenvalue weighted by Gasteiger charge is 2.28. The van der Waals surface area contributed by atoms with Gasteiger partial charge in [0.05, 0.1) is 24.1 Å². The van der Waals surface area contributed by atoms with E-state index in [1.54, 1.807) is 12.3 Å². The van der Waals surface area contributed by atoms with Crippen LogP contribution in [0.25, 0.3) is 0 Å². The maximum atomic E-state index is 12.1. The predicted molar refractivity (Wildman–Crippen MR) is 69.9 cm³/mol. The number of aromatic nitrogens is 3. The Morgan fingerprint density at radius 3 is 2.76 bits per heavy atom. The number of hydrogen-bond donors (Lipinski definition) is 1. The van der Waals surface area contributed by atoms with Gasteiger partial charge in [-0.15, -0.1) is 0 Å². The first-order chi connectivity index (χ1) is 9.94. The number of nitrogens with one attached hydrogen (secondary N) is 1. The van der Waals surface area contributed by atoms with Gasteiger partial charge in [-0.3, -0.25) is 9.97 Å². The molecular formula is C13H13F3N4O. The van der Waals surface area contributed by atoms with Crippen molar-refractivity contribution < 1.29 is 17.9 Å². The summed E-state index contributed by atoms with van der Waals surface area (Å²) in [4.78, 5) is 11.9. The molecule has 0 amide bonds. The van der Waals surface area contributed by atoms with Crippen LogP contribution in [0.1, 0.15) is 18.7 Å². The second kappa shape index (κ2) is 6.38. The highest BCUT2D eigenvalue weighted by atomic mass is 19.4. The normalized spacial score (nSPS) is 12.8. The van der Waals surface area contributed by atoms with Crippen molar-refractivity contribution in [3.8, 4) is 5.88 Å². The molecule has 2 aromatic heterocycles. The minimum atomic E-state index is -4.41. The zero-order valence-electron chi connectivity index (χ0n) is 11.1. The molecule has 0 saturated carbocycles. The molecule has 0 fully saturated rings. The van der Waals surface area contributed by atoms with Gasteiger partial charge in [-0.2, -0.15) is 18.2 Å². The lowest BCUT2D eigenvalue weighted by atomic mass is 10.2. The first kappa shape index (κ1) is 15.0. The highest BCUT2D eigenvalue weighted by molar-refractivity contribution is 5.36. The summed E-state index contributed by atoms with van der Waals surface area (Å²) in [6.07, 6.45) is -0.226. The Labute approximate surface area is 119 Å².